The molecule has 0 fully saturated rings. The van der Waals surface area contributed by atoms with E-state index in [0.29, 0.717) is 5.92 Å². The van der Waals surface area contributed by atoms with Gasteiger partial charge < -0.3 is 5.32 Å². The highest BCUT2D eigenvalue weighted by Gasteiger charge is 2.30. The fourth-order valence-corrected chi connectivity index (χ4v) is 1.91. The highest BCUT2D eigenvalue weighted by molar-refractivity contribution is 5.20. The lowest BCUT2D eigenvalue weighted by atomic mass is 9.71. The van der Waals surface area contributed by atoms with Gasteiger partial charge in [0.2, 0.25) is 0 Å². The number of nitrogens with one attached hydrogen (secondary N) is 1. The van der Waals surface area contributed by atoms with E-state index in [9.17, 15) is 0 Å². The summed E-state index contributed by atoms with van der Waals surface area (Å²) in [4.78, 5) is 0. The highest BCUT2D eigenvalue weighted by Crippen LogP contribution is 2.37. The largest absolute Gasteiger partial charge is 0.319 e. The first-order valence-electron chi connectivity index (χ1n) is 4.58. The molecule has 0 aromatic rings. The Morgan fingerprint density at radius 2 is 2.33 bits per heavy atom. The van der Waals surface area contributed by atoms with Crippen molar-refractivity contribution in [3.8, 4) is 0 Å². The molecule has 68 valence electrons. The molecule has 0 radical (unpaired) electrons. The van der Waals surface area contributed by atoms with E-state index in [1.807, 2.05) is 7.05 Å². The zero-order chi connectivity index (χ0) is 9.19. The number of allylic oxidation sites excluding steroid dienone is 2. The molecule has 1 unspecified atom stereocenters. The van der Waals surface area contributed by atoms with Gasteiger partial charge in [0, 0.05) is 12.5 Å². The van der Waals surface area contributed by atoms with Crippen LogP contribution in [0.1, 0.15) is 20.3 Å². The van der Waals surface area contributed by atoms with Crippen LogP contribution < -0.4 is 5.32 Å². The van der Waals surface area contributed by atoms with Crippen molar-refractivity contribution in [2.45, 2.75) is 20.3 Å². The molecule has 1 aliphatic carbocycles. The Kier molecular flexibility index (Phi) is 2.73. The van der Waals surface area contributed by atoms with Gasteiger partial charge in [0.15, 0.2) is 0 Å². The lowest BCUT2D eigenvalue weighted by molar-refractivity contribution is 0.307. The van der Waals surface area contributed by atoms with Gasteiger partial charge in [0.1, 0.15) is 0 Å². The molecule has 0 aromatic heterocycles. The third-order valence-corrected chi connectivity index (χ3v) is 2.73. The Morgan fingerprint density at radius 3 is 2.83 bits per heavy atom. The van der Waals surface area contributed by atoms with Crippen LogP contribution in [0, 0.1) is 11.3 Å². The highest BCUT2D eigenvalue weighted by atomic mass is 14.8. The van der Waals surface area contributed by atoms with Crippen LogP contribution in [0.5, 0.6) is 0 Å². The van der Waals surface area contributed by atoms with Gasteiger partial charge in [-0.3, -0.25) is 0 Å². The molecule has 0 amide bonds. The second kappa shape index (κ2) is 3.44. The molecule has 0 bridgehead atoms. The maximum atomic E-state index is 4.12. The molecule has 0 spiro atoms. The molecule has 0 heterocycles. The molecule has 1 heteroatoms. The van der Waals surface area contributed by atoms with Gasteiger partial charge in [0.05, 0.1) is 0 Å². The van der Waals surface area contributed by atoms with Crippen molar-refractivity contribution in [3.63, 3.8) is 0 Å². The Labute approximate surface area is 75.6 Å². The topological polar surface area (TPSA) is 12.0 Å². The summed E-state index contributed by atoms with van der Waals surface area (Å²) in [7, 11) is 2.00. The van der Waals surface area contributed by atoms with Gasteiger partial charge in [-0.1, -0.05) is 38.2 Å². The molecule has 1 rings (SSSR count). The number of hydrogen-bond donors (Lipinski definition) is 1. The third kappa shape index (κ3) is 1.78. The van der Waals surface area contributed by atoms with E-state index in [-0.39, 0.29) is 5.41 Å². The van der Waals surface area contributed by atoms with Gasteiger partial charge >= 0.3 is 0 Å². The first-order chi connectivity index (χ1) is 5.58. The van der Waals surface area contributed by atoms with Crippen molar-refractivity contribution in [2.75, 3.05) is 13.6 Å². The van der Waals surface area contributed by atoms with Crippen molar-refractivity contribution in [2.24, 2.45) is 11.3 Å². The van der Waals surface area contributed by atoms with E-state index < -0.39 is 0 Å². The normalized spacial score (nSPS) is 27.6. The first-order valence-corrected chi connectivity index (χ1v) is 4.58. The molecule has 1 N–H and O–H groups in total. The van der Waals surface area contributed by atoms with E-state index in [0.717, 1.165) is 13.0 Å². The van der Waals surface area contributed by atoms with Gasteiger partial charge in [-0.15, -0.1) is 0 Å². The van der Waals surface area contributed by atoms with E-state index in [1.54, 1.807) is 0 Å². The monoisotopic (exact) mass is 165 g/mol. The minimum atomic E-state index is 0.276. The van der Waals surface area contributed by atoms with Gasteiger partial charge in [-0.2, -0.15) is 0 Å². The summed E-state index contributed by atoms with van der Waals surface area (Å²) < 4.78 is 0. The summed E-state index contributed by atoms with van der Waals surface area (Å²) in [5, 5.41) is 3.23. The van der Waals surface area contributed by atoms with E-state index in [4.69, 9.17) is 0 Å². The molecule has 0 aromatic carbocycles. The molecule has 1 aliphatic rings. The second-order valence-corrected chi connectivity index (χ2v) is 4.20. The van der Waals surface area contributed by atoms with Crippen LogP contribution in [0.4, 0.5) is 0 Å². The van der Waals surface area contributed by atoms with Gasteiger partial charge in [0.25, 0.3) is 0 Å². The molecule has 0 aliphatic heterocycles. The smallest absolute Gasteiger partial charge is 0.00220 e. The minimum Gasteiger partial charge on any atom is -0.319 e. The molecule has 12 heavy (non-hydrogen) atoms. The van der Waals surface area contributed by atoms with Crippen LogP contribution in [-0.4, -0.2) is 13.6 Å². The first kappa shape index (κ1) is 9.53. The van der Waals surface area contributed by atoms with Crippen LogP contribution in [-0.2, 0) is 0 Å². The number of hydrogen-bond acceptors (Lipinski definition) is 1. The van der Waals surface area contributed by atoms with Crippen LogP contribution >= 0.6 is 0 Å². The average molecular weight is 165 g/mol. The fourth-order valence-electron chi connectivity index (χ4n) is 1.91. The Hall–Kier alpha value is -0.560. The Bertz CT molecular complexity index is 201. The van der Waals surface area contributed by atoms with E-state index in [2.05, 4.69) is 37.9 Å². The van der Waals surface area contributed by atoms with Crippen molar-refractivity contribution in [1.29, 1.82) is 0 Å². The summed E-state index contributed by atoms with van der Waals surface area (Å²) >= 11 is 0. The van der Waals surface area contributed by atoms with E-state index in [1.165, 1.54) is 5.57 Å². The predicted octanol–water partition coefficient (Wildman–Crippen LogP) is 2.36. The molecule has 0 saturated carbocycles. The van der Waals surface area contributed by atoms with Crippen LogP contribution in [0.15, 0.2) is 24.3 Å². The second-order valence-electron chi connectivity index (χ2n) is 4.20. The van der Waals surface area contributed by atoms with Crippen molar-refractivity contribution < 1.29 is 0 Å². The molecule has 1 atom stereocenters. The lowest BCUT2D eigenvalue weighted by Gasteiger charge is -2.36. The number of rotatable bonds is 2. The van der Waals surface area contributed by atoms with Crippen LogP contribution in [0.25, 0.3) is 0 Å². The summed E-state index contributed by atoms with van der Waals surface area (Å²) in [5.41, 5.74) is 1.63. The van der Waals surface area contributed by atoms with Gasteiger partial charge in [-0.25, -0.2) is 0 Å². The maximum absolute atomic E-state index is 4.12. The zero-order valence-electron chi connectivity index (χ0n) is 8.35. The summed E-state index contributed by atoms with van der Waals surface area (Å²) in [6, 6.07) is 0. The zero-order valence-corrected chi connectivity index (χ0v) is 8.35. The Balaban J connectivity index is 2.78. The minimum absolute atomic E-state index is 0.276. The fraction of sp³-hybridized carbons (Fsp3) is 0.636. The maximum Gasteiger partial charge on any atom is 0.00220 e. The standard InChI is InChI=1S/C11H19N/c1-9-6-5-7-11(2,3)10(9)8-12-4/h5,7,10,12H,1,6,8H2,2-4H3. The average Bonchev–Trinajstić information content (AvgIpc) is 1.97. The molecular weight excluding hydrogens is 146 g/mol. The SMILES string of the molecule is C=C1CC=CC(C)(C)C1CNC. The van der Waals surface area contributed by atoms with E-state index >= 15 is 0 Å². The summed E-state index contributed by atoms with van der Waals surface area (Å²) in [6.07, 6.45) is 5.59. The van der Waals surface area contributed by atoms with Crippen LogP contribution in [0.3, 0.4) is 0 Å². The van der Waals surface area contributed by atoms with Crippen molar-refractivity contribution in [1.82, 2.24) is 5.32 Å². The lowest BCUT2D eigenvalue weighted by Crippen LogP contribution is -2.33. The van der Waals surface area contributed by atoms with Crippen molar-refractivity contribution >= 4 is 0 Å². The quantitative estimate of drug-likeness (QED) is 0.619. The Morgan fingerprint density at radius 1 is 1.67 bits per heavy atom. The van der Waals surface area contributed by atoms with Crippen molar-refractivity contribution in [3.05, 3.63) is 24.3 Å². The molecular formula is C11H19N. The van der Waals surface area contributed by atoms with Gasteiger partial charge in [-0.05, 0) is 18.9 Å². The summed E-state index contributed by atoms with van der Waals surface area (Å²) in [5.74, 6) is 0.590. The predicted molar refractivity (Wildman–Crippen MR) is 54.1 cm³/mol. The van der Waals surface area contributed by atoms with Crippen LogP contribution in [0.2, 0.25) is 0 Å². The molecule has 1 nitrogen and oxygen atoms in total. The molecule has 0 saturated heterocycles. The summed E-state index contributed by atoms with van der Waals surface area (Å²) in [6.45, 7) is 9.70. The third-order valence-electron chi connectivity index (χ3n) is 2.73.